The van der Waals surface area contributed by atoms with E-state index in [1.165, 1.54) is 0 Å². The predicted octanol–water partition coefficient (Wildman–Crippen LogP) is 3.61. The summed E-state index contributed by atoms with van der Waals surface area (Å²) in [7, 11) is 0. The molecule has 0 aromatic carbocycles. The lowest BCUT2D eigenvalue weighted by Crippen LogP contribution is -2.47. The van der Waals surface area contributed by atoms with E-state index in [0.717, 1.165) is 32.4 Å². The Morgan fingerprint density at radius 2 is 2.06 bits per heavy atom. The SMILES string of the molecule is CCC1(C)CC(NCC(C)(C)C(C)C)CCO1. The number of rotatable bonds is 5. The predicted molar refractivity (Wildman–Crippen MR) is 74.3 cm³/mol. The standard InChI is InChI=1S/C15H31NO/c1-7-15(6)10-13(8-9-17-15)16-11-14(4,5)12(2)3/h12-13,16H,7-11H2,1-6H3. The second kappa shape index (κ2) is 5.71. The van der Waals surface area contributed by atoms with Crippen LogP contribution in [-0.2, 0) is 4.74 Å². The van der Waals surface area contributed by atoms with Crippen molar-refractivity contribution in [1.29, 1.82) is 0 Å². The third kappa shape index (κ3) is 4.26. The molecule has 2 heteroatoms. The van der Waals surface area contributed by atoms with Gasteiger partial charge in [-0.2, -0.15) is 0 Å². The Kier molecular flexibility index (Phi) is 5.03. The van der Waals surface area contributed by atoms with Crippen molar-refractivity contribution in [3.05, 3.63) is 0 Å². The van der Waals surface area contributed by atoms with Crippen LogP contribution in [0.3, 0.4) is 0 Å². The topological polar surface area (TPSA) is 21.3 Å². The zero-order chi connectivity index (χ0) is 13.1. The molecule has 0 amide bonds. The molecule has 1 aliphatic rings. The number of nitrogens with one attached hydrogen (secondary N) is 1. The first-order valence-electron chi connectivity index (χ1n) is 7.16. The molecule has 1 saturated heterocycles. The highest BCUT2D eigenvalue weighted by molar-refractivity contribution is 4.87. The van der Waals surface area contributed by atoms with Crippen molar-refractivity contribution in [2.24, 2.45) is 11.3 Å². The molecule has 0 spiro atoms. The van der Waals surface area contributed by atoms with Crippen LogP contribution in [0.15, 0.2) is 0 Å². The Hall–Kier alpha value is -0.0800. The summed E-state index contributed by atoms with van der Waals surface area (Å²) >= 11 is 0. The van der Waals surface area contributed by atoms with Gasteiger partial charge in [0.05, 0.1) is 5.60 Å². The molecule has 1 fully saturated rings. The molecule has 0 bridgehead atoms. The molecule has 0 aromatic heterocycles. The van der Waals surface area contributed by atoms with Gasteiger partial charge in [0.25, 0.3) is 0 Å². The van der Waals surface area contributed by atoms with Crippen molar-refractivity contribution in [3.8, 4) is 0 Å². The van der Waals surface area contributed by atoms with E-state index in [4.69, 9.17) is 4.74 Å². The normalized spacial score (nSPS) is 30.9. The third-order valence-corrected chi connectivity index (χ3v) is 4.75. The van der Waals surface area contributed by atoms with Crippen LogP contribution in [0.1, 0.15) is 60.8 Å². The first-order valence-corrected chi connectivity index (χ1v) is 7.16. The Balaban J connectivity index is 2.42. The molecule has 2 atom stereocenters. The van der Waals surface area contributed by atoms with Crippen LogP contribution < -0.4 is 5.32 Å². The fourth-order valence-corrected chi connectivity index (χ4v) is 2.16. The highest BCUT2D eigenvalue weighted by atomic mass is 16.5. The molecule has 1 heterocycles. The van der Waals surface area contributed by atoms with Crippen molar-refractivity contribution in [2.45, 2.75) is 72.4 Å². The molecule has 102 valence electrons. The van der Waals surface area contributed by atoms with Crippen LogP contribution in [0.2, 0.25) is 0 Å². The lowest BCUT2D eigenvalue weighted by molar-refractivity contribution is -0.0789. The Bertz CT molecular complexity index is 237. The van der Waals surface area contributed by atoms with Crippen molar-refractivity contribution in [1.82, 2.24) is 5.32 Å². The summed E-state index contributed by atoms with van der Waals surface area (Å²) in [6.07, 6.45) is 3.42. The van der Waals surface area contributed by atoms with E-state index in [2.05, 4.69) is 46.9 Å². The van der Waals surface area contributed by atoms with Crippen molar-refractivity contribution in [3.63, 3.8) is 0 Å². The van der Waals surface area contributed by atoms with E-state index in [9.17, 15) is 0 Å². The van der Waals surface area contributed by atoms with E-state index in [1.54, 1.807) is 0 Å². The Morgan fingerprint density at radius 1 is 1.41 bits per heavy atom. The number of hydrogen-bond donors (Lipinski definition) is 1. The van der Waals surface area contributed by atoms with Gasteiger partial charge in [-0.05, 0) is 37.5 Å². The first-order chi connectivity index (χ1) is 7.79. The lowest BCUT2D eigenvalue weighted by Gasteiger charge is -2.40. The molecular formula is C15H31NO. The van der Waals surface area contributed by atoms with Gasteiger partial charge in [-0.15, -0.1) is 0 Å². The zero-order valence-corrected chi connectivity index (χ0v) is 12.6. The van der Waals surface area contributed by atoms with Crippen LogP contribution in [-0.4, -0.2) is 24.8 Å². The highest BCUT2D eigenvalue weighted by Gasteiger charge is 2.32. The van der Waals surface area contributed by atoms with Gasteiger partial charge in [0.1, 0.15) is 0 Å². The maximum absolute atomic E-state index is 5.88. The maximum atomic E-state index is 5.88. The van der Waals surface area contributed by atoms with Gasteiger partial charge in [-0.25, -0.2) is 0 Å². The average molecular weight is 241 g/mol. The van der Waals surface area contributed by atoms with Crippen LogP contribution in [0.5, 0.6) is 0 Å². The molecule has 0 radical (unpaired) electrons. The van der Waals surface area contributed by atoms with Gasteiger partial charge in [-0.1, -0.05) is 34.6 Å². The molecule has 2 nitrogen and oxygen atoms in total. The van der Waals surface area contributed by atoms with Crippen molar-refractivity contribution >= 4 is 0 Å². The smallest absolute Gasteiger partial charge is 0.0666 e. The van der Waals surface area contributed by atoms with Gasteiger partial charge < -0.3 is 10.1 Å². The molecule has 0 aromatic rings. The highest BCUT2D eigenvalue weighted by Crippen LogP contribution is 2.29. The summed E-state index contributed by atoms with van der Waals surface area (Å²) in [6, 6.07) is 0.631. The molecule has 17 heavy (non-hydrogen) atoms. The van der Waals surface area contributed by atoms with Gasteiger partial charge >= 0.3 is 0 Å². The average Bonchev–Trinajstić information content (AvgIpc) is 2.27. The molecule has 1 N–H and O–H groups in total. The van der Waals surface area contributed by atoms with Crippen LogP contribution in [0.25, 0.3) is 0 Å². The quantitative estimate of drug-likeness (QED) is 0.794. The van der Waals surface area contributed by atoms with E-state index < -0.39 is 0 Å². The van der Waals surface area contributed by atoms with E-state index >= 15 is 0 Å². The molecule has 1 aliphatic heterocycles. The monoisotopic (exact) mass is 241 g/mol. The minimum Gasteiger partial charge on any atom is -0.375 e. The molecule has 0 saturated carbocycles. The van der Waals surface area contributed by atoms with Crippen molar-refractivity contribution in [2.75, 3.05) is 13.2 Å². The molecule has 1 rings (SSSR count). The van der Waals surface area contributed by atoms with E-state index in [1.807, 2.05) is 0 Å². The van der Waals surface area contributed by atoms with Crippen LogP contribution in [0.4, 0.5) is 0 Å². The lowest BCUT2D eigenvalue weighted by atomic mass is 9.80. The zero-order valence-electron chi connectivity index (χ0n) is 12.6. The summed E-state index contributed by atoms with van der Waals surface area (Å²) in [4.78, 5) is 0. The van der Waals surface area contributed by atoms with Crippen LogP contribution >= 0.6 is 0 Å². The van der Waals surface area contributed by atoms with E-state index in [-0.39, 0.29) is 5.60 Å². The molecule has 0 aliphatic carbocycles. The van der Waals surface area contributed by atoms with Gasteiger partial charge in [0.15, 0.2) is 0 Å². The molecular weight excluding hydrogens is 210 g/mol. The van der Waals surface area contributed by atoms with Gasteiger partial charge in [0.2, 0.25) is 0 Å². The Labute approximate surface area is 108 Å². The second-order valence-electron chi connectivity index (χ2n) is 6.87. The molecule has 2 unspecified atom stereocenters. The third-order valence-electron chi connectivity index (χ3n) is 4.75. The van der Waals surface area contributed by atoms with Gasteiger partial charge in [-0.3, -0.25) is 0 Å². The second-order valence-corrected chi connectivity index (χ2v) is 6.87. The minimum absolute atomic E-state index is 0.0951. The van der Waals surface area contributed by atoms with Gasteiger partial charge in [0, 0.05) is 19.2 Å². The fourth-order valence-electron chi connectivity index (χ4n) is 2.16. The first kappa shape index (κ1) is 15.0. The Morgan fingerprint density at radius 3 is 2.59 bits per heavy atom. The largest absolute Gasteiger partial charge is 0.375 e. The fraction of sp³-hybridized carbons (Fsp3) is 1.00. The van der Waals surface area contributed by atoms with Crippen LogP contribution in [0, 0.1) is 11.3 Å². The number of ether oxygens (including phenoxy) is 1. The number of hydrogen-bond acceptors (Lipinski definition) is 2. The maximum Gasteiger partial charge on any atom is 0.0666 e. The summed E-state index contributed by atoms with van der Waals surface area (Å²) in [5.41, 5.74) is 0.471. The summed E-state index contributed by atoms with van der Waals surface area (Å²) in [5.74, 6) is 0.715. The van der Waals surface area contributed by atoms with E-state index in [0.29, 0.717) is 17.4 Å². The summed E-state index contributed by atoms with van der Waals surface area (Å²) in [6.45, 7) is 15.8. The minimum atomic E-state index is 0.0951. The van der Waals surface area contributed by atoms with Crippen molar-refractivity contribution < 1.29 is 4.74 Å². The summed E-state index contributed by atoms with van der Waals surface area (Å²) < 4.78 is 5.88. The summed E-state index contributed by atoms with van der Waals surface area (Å²) in [5, 5.41) is 3.75.